The Morgan fingerprint density at radius 2 is 1.91 bits per heavy atom. The molecule has 1 aliphatic rings. The second-order valence-electron chi connectivity index (χ2n) is 5.27. The minimum Gasteiger partial charge on any atom is -0.268 e. The van der Waals surface area contributed by atoms with E-state index in [0.717, 1.165) is 9.35 Å². The topological polar surface area (TPSA) is 37.4 Å². The molecule has 0 N–H and O–H groups in total. The quantitative estimate of drug-likeness (QED) is 0.673. The van der Waals surface area contributed by atoms with Crippen molar-refractivity contribution >= 4 is 62.1 Å². The van der Waals surface area contributed by atoms with E-state index in [1.54, 1.807) is 12.1 Å². The molecule has 0 aliphatic carbocycles. The summed E-state index contributed by atoms with van der Waals surface area (Å²) in [6.07, 6.45) is 0. The van der Waals surface area contributed by atoms with Crippen LogP contribution in [-0.2, 0) is 9.59 Å². The molecule has 0 spiro atoms. The van der Waals surface area contributed by atoms with Crippen molar-refractivity contribution in [1.29, 1.82) is 0 Å². The van der Waals surface area contributed by atoms with Crippen LogP contribution in [0.25, 0.3) is 5.57 Å². The maximum Gasteiger partial charge on any atom is 0.272 e. The molecule has 6 heteroatoms. The van der Waals surface area contributed by atoms with E-state index in [4.69, 9.17) is 0 Å². The number of hydrogen-bond acceptors (Lipinski definition) is 4. The number of carbonyl (C=O) groups excluding carboxylic acids is 2. The number of halogens is 1. The third kappa shape index (κ3) is 3.16. The Labute approximate surface area is 151 Å². The van der Waals surface area contributed by atoms with Gasteiger partial charge in [-0.2, -0.15) is 0 Å². The summed E-state index contributed by atoms with van der Waals surface area (Å²) in [6, 6.07) is 11.0. The van der Waals surface area contributed by atoms with Gasteiger partial charge in [-0.15, -0.1) is 23.1 Å². The van der Waals surface area contributed by atoms with Gasteiger partial charge in [-0.05, 0) is 29.6 Å². The maximum atomic E-state index is 12.9. The fourth-order valence-electron chi connectivity index (χ4n) is 2.34. The van der Waals surface area contributed by atoms with Gasteiger partial charge in [0.2, 0.25) is 0 Å². The summed E-state index contributed by atoms with van der Waals surface area (Å²) in [5.74, 6) is -0.492. The van der Waals surface area contributed by atoms with Gasteiger partial charge in [-0.1, -0.05) is 41.9 Å². The zero-order valence-electron chi connectivity index (χ0n) is 12.6. The van der Waals surface area contributed by atoms with E-state index < -0.39 is 0 Å². The first-order valence-electron chi connectivity index (χ1n) is 7.08. The summed E-state index contributed by atoms with van der Waals surface area (Å²) in [6.45, 7) is 4.03. The van der Waals surface area contributed by atoms with E-state index in [0.29, 0.717) is 16.2 Å². The first-order chi connectivity index (χ1) is 11.0. The maximum absolute atomic E-state index is 12.9. The number of benzene rings is 1. The van der Waals surface area contributed by atoms with Gasteiger partial charge >= 0.3 is 0 Å². The van der Waals surface area contributed by atoms with Gasteiger partial charge in [-0.25, -0.2) is 4.90 Å². The Bertz CT molecular complexity index is 797. The number of carbonyl (C=O) groups is 2. The zero-order chi connectivity index (χ0) is 16.6. The minimum atomic E-state index is -0.251. The van der Waals surface area contributed by atoms with Gasteiger partial charge < -0.3 is 0 Å². The lowest BCUT2D eigenvalue weighted by molar-refractivity contribution is -0.119. The van der Waals surface area contributed by atoms with Gasteiger partial charge in [0.05, 0.1) is 16.2 Å². The van der Waals surface area contributed by atoms with E-state index in [9.17, 15) is 9.59 Å². The first-order valence-corrected chi connectivity index (χ1v) is 9.63. The number of amides is 2. The van der Waals surface area contributed by atoms with Crippen LogP contribution in [0.5, 0.6) is 0 Å². The van der Waals surface area contributed by atoms with E-state index in [1.165, 1.54) is 28.0 Å². The highest BCUT2D eigenvalue weighted by molar-refractivity contribution is 9.10. The Hall–Kier alpha value is -1.37. The summed E-state index contributed by atoms with van der Waals surface area (Å²) in [5.41, 5.74) is 1.10. The van der Waals surface area contributed by atoms with Crippen LogP contribution in [0.15, 0.2) is 51.2 Å². The molecule has 23 heavy (non-hydrogen) atoms. The number of rotatable bonds is 4. The molecule has 0 radical (unpaired) electrons. The van der Waals surface area contributed by atoms with E-state index in [1.807, 2.05) is 43.5 Å². The average Bonchev–Trinajstić information content (AvgIpc) is 3.07. The molecule has 1 aromatic heterocycles. The van der Waals surface area contributed by atoms with Crippen molar-refractivity contribution in [1.82, 2.24) is 0 Å². The molecule has 0 atom stereocenters. The monoisotopic (exact) mass is 407 g/mol. The van der Waals surface area contributed by atoms with Crippen molar-refractivity contribution in [2.24, 2.45) is 0 Å². The fourth-order valence-corrected chi connectivity index (χ4v) is 4.54. The van der Waals surface area contributed by atoms with Crippen LogP contribution in [0.2, 0.25) is 0 Å². The number of imide groups is 1. The number of thioether (sulfide) groups is 1. The second-order valence-corrected chi connectivity index (χ2v) is 8.72. The Kier molecular flexibility index (Phi) is 4.75. The summed E-state index contributed by atoms with van der Waals surface area (Å²) in [4.78, 5) is 28.5. The molecule has 118 valence electrons. The van der Waals surface area contributed by atoms with Crippen LogP contribution < -0.4 is 4.90 Å². The average molecular weight is 408 g/mol. The second kappa shape index (κ2) is 6.63. The van der Waals surface area contributed by atoms with Crippen molar-refractivity contribution in [2.75, 3.05) is 4.90 Å². The molecule has 1 aromatic carbocycles. The third-order valence-electron chi connectivity index (χ3n) is 3.23. The van der Waals surface area contributed by atoms with Crippen LogP contribution in [0.4, 0.5) is 5.69 Å². The summed E-state index contributed by atoms with van der Waals surface area (Å²) in [5, 5.41) is 2.14. The molecule has 3 nitrogen and oxygen atoms in total. The van der Waals surface area contributed by atoms with E-state index in [-0.39, 0.29) is 17.1 Å². The molecule has 2 aromatic rings. The van der Waals surface area contributed by atoms with Crippen LogP contribution in [0.3, 0.4) is 0 Å². The molecule has 3 rings (SSSR count). The van der Waals surface area contributed by atoms with Gasteiger partial charge in [0, 0.05) is 14.6 Å². The third-order valence-corrected chi connectivity index (χ3v) is 5.70. The lowest BCUT2D eigenvalue weighted by Gasteiger charge is -2.15. The zero-order valence-corrected chi connectivity index (χ0v) is 15.8. The number of thiophene rings is 1. The number of anilines is 1. The Morgan fingerprint density at radius 3 is 2.52 bits per heavy atom. The number of hydrogen-bond donors (Lipinski definition) is 0. The highest BCUT2D eigenvalue weighted by Crippen LogP contribution is 2.41. The lowest BCUT2D eigenvalue weighted by Crippen LogP contribution is -2.31. The van der Waals surface area contributed by atoms with Crippen molar-refractivity contribution in [3.05, 3.63) is 56.0 Å². The summed E-state index contributed by atoms with van der Waals surface area (Å²) in [7, 11) is 0. The van der Waals surface area contributed by atoms with Crippen LogP contribution >= 0.6 is 39.0 Å². The molecular formula is C17H14BrNO2S2. The molecular weight excluding hydrogens is 394 g/mol. The van der Waals surface area contributed by atoms with Gasteiger partial charge in [0.15, 0.2) is 0 Å². The smallest absolute Gasteiger partial charge is 0.268 e. The largest absolute Gasteiger partial charge is 0.272 e. The summed E-state index contributed by atoms with van der Waals surface area (Å²) >= 11 is 6.31. The van der Waals surface area contributed by atoms with Gasteiger partial charge in [-0.3, -0.25) is 9.59 Å². The van der Waals surface area contributed by atoms with Gasteiger partial charge in [0.1, 0.15) is 0 Å². The molecule has 2 heterocycles. The van der Waals surface area contributed by atoms with Gasteiger partial charge in [0.25, 0.3) is 11.8 Å². The van der Waals surface area contributed by atoms with E-state index >= 15 is 0 Å². The Morgan fingerprint density at radius 1 is 1.13 bits per heavy atom. The highest BCUT2D eigenvalue weighted by Gasteiger charge is 2.40. The molecule has 0 unspecified atom stereocenters. The van der Waals surface area contributed by atoms with Crippen molar-refractivity contribution in [3.8, 4) is 0 Å². The normalized spacial score (nSPS) is 15.2. The van der Waals surface area contributed by atoms with Crippen LogP contribution in [0.1, 0.15) is 18.7 Å². The lowest BCUT2D eigenvalue weighted by atomic mass is 10.2. The predicted octanol–water partition coefficient (Wildman–Crippen LogP) is 4.94. The van der Waals surface area contributed by atoms with Crippen molar-refractivity contribution in [3.63, 3.8) is 0 Å². The van der Waals surface area contributed by atoms with Crippen LogP contribution in [-0.4, -0.2) is 17.1 Å². The molecule has 2 amide bonds. The molecule has 1 aliphatic heterocycles. The Balaban J connectivity index is 2.09. The molecule has 0 fully saturated rings. The SMILES string of the molecule is CC(C)SC1=C(c2cccs2)C(=O)N(c2cccc(Br)c2)C1=O. The highest BCUT2D eigenvalue weighted by atomic mass is 79.9. The summed E-state index contributed by atoms with van der Waals surface area (Å²) < 4.78 is 0.832. The fraction of sp³-hybridized carbons (Fsp3) is 0.176. The van der Waals surface area contributed by atoms with Crippen molar-refractivity contribution < 1.29 is 9.59 Å². The predicted molar refractivity (Wildman–Crippen MR) is 101 cm³/mol. The molecule has 0 saturated carbocycles. The van der Waals surface area contributed by atoms with Crippen molar-refractivity contribution in [2.45, 2.75) is 19.1 Å². The number of nitrogens with zero attached hydrogens (tertiary/aromatic N) is 1. The molecule has 0 saturated heterocycles. The van der Waals surface area contributed by atoms with Crippen LogP contribution in [0, 0.1) is 0 Å². The standard InChI is InChI=1S/C17H14BrNO2S2/c1-10(2)23-15-14(13-7-4-8-22-13)16(20)19(17(15)21)12-6-3-5-11(18)9-12/h3-10H,1-2H3. The minimum absolute atomic E-state index is 0.221. The first kappa shape index (κ1) is 16.5. The molecule has 0 bridgehead atoms. The van der Waals surface area contributed by atoms with E-state index in [2.05, 4.69) is 15.9 Å².